The number of benzene rings is 8. The molecule has 0 spiro atoms. The molecule has 0 saturated heterocycles. The third-order valence-electron chi connectivity index (χ3n) is 9.92. The van der Waals surface area contributed by atoms with Gasteiger partial charge < -0.3 is 4.42 Å². The Kier molecular flexibility index (Phi) is 6.29. The highest BCUT2D eigenvalue weighted by Crippen LogP contribution is 2.47. The molecule has 2 nitrogen and oxygen atoms in total. The summed E-state index contributed by atoms with van der Waals surface area (Å²) in [5, 5.41) is 7.25. The predicted octanol–water partition coefficient (Wildman–Crippen LogP) is 12.8. The van der Waals surface area contributed by atoms with Crippen LogP contribution in [-0.2, 0) is 0 Å². The van der Waals surface area contributed by atoms with Crippen molar-refractivity contribution in [3.8, 4) is 44.8 Å². The number of fused-ring (bicyclic) bond motifs is 1. The fourth-order valence-corrected chi connectivity index (χ4v) is 7.63. The molecule has 9 rings (SSSR count). The Bertz CT molecular complexity index is 2720. The number of hydrogen-bond acceptors (Lipinski definition) is 2. The monoisotopic (exact) mass is 621 g/mol. The van der Waals surface area contributed by atoms with Crippen molar-refractivity contribution in [2.45, 2.75) is 27.7 Å². The fraction of sp³-hybridized carbons (Fsp3) is 0.0889. The Morgan fingerprint density at radius 3 is 1.77 bits per heavy atom. The van der Waals surface area contributed by atoms with Crippen LogP contribution in [0.15, 0.2) is 126 Å². The average Bonchev–Trinajstić information content (AvgIpc) is 3.51. The molecule has 0 amide bonds. The number of aromatic nitrogens is 1. The molecule has 0 fully saturated rings. The molecule has 0 saturated carbocycles. The Morgan fingerprint density at radius 1 is 0.479 bits per heavy atom. The number of aryl methyl sites for hydroxylation is 4. The van der Waals surface area contributed by atoms with Gasteiger partial charge in [0.2, 0.25) is 5.89 Å². The van der Waals surface area contributed by atoms with Crippen LogP contribution in [0.25, 0.3) is 88.3 Å². The number of oxazole rings is 1. The van der Waals surface area contributed by atoms with Crippen LogP contribution in [0.3, 0.4) is 0 Å². The molecule has 0 N–H and O–H groups in total. The van der Waals surface area contributed by atoms with Gasteiger partial charge in [0.1, 0.15) is 11.3 Å². The van der Waals surface area contributed by atoms with E-state index in [1.54, 1.807) is 12.1 Å². The number of halogens is 1. The summed E-state index contributed by atoms with van der Waals surface area (Å²) in [6, 6.07) is 41.8. The fourth-order valence-electron chi connectivity index (χ4n) is 7.63. The van der Waals surface area contributed by atoms with Crippen LogP contribution in [0.1, 0.15) is 22.3 Å². The van der Waals surface area contributed by atoms with Crippen LogP contribution in [0, 0.1) is 33.5 Å². The smallest absolute Gasteiger partial charge is 0.227 e. The van der Waals surface area contributed by atoms with Crippen molar-refractivity contribution in [2.75, 3.05) is 0 Å². The lowest BCUT2D eigenvalue weighted by molar-refractivity contribution is 0.620. The van der Waals surface area contributed by atoms with E-state index in [9.17, 15) is 4.39 Å². The van der Waals surface area contributed by atoms with Gasteiger partial charge in [0.25, 0.3) is 0 Å². The SMILES string of the molecule is Cc1ccc(-c2ccc3ccc4c(-c5ccc(C)cc5C)cc(-c5nc6cc(-c7ccc(F)cc7)ccc6o5)c5ccc2c3c54)c(C)c1. The second-order valence-corrected chi connectivity index (χ2v) is 13.2. The lowest BCUT2D eigenvalue weighted by Crippen LogP contribution is -1.94. The molecule has 1 heterocycles. The van der Waals surface area contributed by atoms with E-state index in [0.717, 1.165) is 33.2 Å². The summed E-state index contributed by atoms with van der Waals surface area (Å²) in [6.07, 6.45) is 0. The molecule has 0 unspecified atom stereocenters. The summed E-state index contributed by atoms with van der Waals surface area (Å²) >= 11 is 0. The van der Waals surface area contributed by atoms with Gasteiger partial charge in [-0.3, -0.25) is 0 Å². The largest absolute Gasteiger partial charge is 0.436 e. The maximum atomic E-state index is 13.6. The molecule has 8 aromatic carbocycles. The lowest BCUT2D eigenvalue weighted by atomic mass is 9.84. The zero-order valence-corrected chi connectivity index (χ0v) is 27.3. The Balaban J connectivity index is 1.35. The van der Waals surface area contributed by atoms with Gasteiger partial charge in [-0.15, -0.1) is 0 Å². The van der Waals surface area contributed by atoms with Crippen molar-refractivity contribution in [3.05, 3.63) is 149 Å². The van der Waals surface area contributed by atoms with Crippen LogP contribution in [-0.4, -0.2) is 4.98 Å². The highest BCUT2D eigenvalue weighted by molar-refractivity contribution is 6.29. The normalized spacial score (nSPS) is 11.9. The van der Waals surface area contributed by atoms with E-state index >= 15 is 0 Å². The van der Waals surface area contributed by atoms with Gasteiger partial charge in [0.05, 0.1) is 0 Å². The minimum absolute atomic E-state index is 0.252. The third kappa shape index (κ3) is 4.42. The van der Waals surface area contributed by atoms with Crippen molar-refractivity contribution in [1.82, 2.24) is 4.98 Å². The number of rotatable bonds is 4. The molecule has 3 heteroatoms. The maximum absolute atomic E-state index is 13.6. The molecular weight excluding hydrogens is 589 g/mol. The molecule has 0 aliphatic heterocycles. The van der Waals surface area contributed by atoms with E-state index in [2.05, 4.69) is 107 Å². The molecule has 0 bridgehead atoms. The highest BCUT2D eigenvalue weighted by Gasteiger charge is 2.22. The van der Waals surface area contributed by atoms with Crippen molar-refractivity contribution in [1.29, 1.82) is 0 Å². The molecular formula is C45H32FNO. The Labute approximate surface area is 278 Å². The molecule has 48 heavy (non-hydrogen) atoms. The topological polar surface area (TPSA) is 26.0 Å². The summed E-state index contributed by atoms with van der Waals surface area (Å²) < 4.78 is 20.2. The highest BCUT2D eigenvalue weighted by atomic mass is 19.1. The second kappa shape index (κ2) is 10.6. The Morgan fingerprint density at radius 2 is 1.06 bits per heavy atom. The molecule has 0 atom stereocenters. The van der Waals surface area contributed by atoms with E-state index in [1.807, 2.05) is 18.2 Å². The molecule has 230 valence electrons. The van der Waals surface area contributed by atoms with Crippen LogP contribution >= 0.6 is 0 Å². The predicted molar refractivity (Wildman–Crippen MR) is 198 cm³/mol. The van der Waals surface area contributed by atoms with Gasteiger partial charge in [-0.25, -0.2) is 9.37 Å². The summed E-state index contributed by atoms with van der Waals surface area (Å²) in [5.41, 5.74) is 14.2. The van der Waals surface area contributed by atoms with Crippen LogP contribution in [0.5, 0.6) is 0 Å². The molecule has 1 aromatic heterocycles. The minimum atomic E-state index is -0.252. The van der Waals surface area contributed by atoms with E-state index in [-0.39, 0.29) is 5.82 Å². The van der Waals surface area contributed by atoms with Crippen molar-refractivity contribution < 1.29 is 8.81 Å². The van der Waals surface area contributed by atoms with Crippen molar-refractivity contribution >= 4 is 43.4 Å². The van der Waals surface area contributed by atoms with Gasteiger partial charge >= 0.3 is 0 Å². The average molecular weight is 622 g/mol. The summed E-state index contributed by atoms with van der Waals surface area (Å²) in [7, 11) is 0. The second-order valence-electron chi connectivity index (χ2n) is 13.2. The first-order chi connectivity index (χ1) is 23.3. The lowest BCUT2D eigenvalue weighted by Gasteiger charge is -2.19. The summed E-state index contributed by atoms with van der Waals surface area (Å²) in [6.45, 7) is 8.67. The first-order valence-electron chi connectivity index (χ1n) is 16.4. The van der Waals surface area contributed by atoms with Crippen LogP contribution in [0.4, 0.5) is 4.39 Å². The molecule has 9 aromatic rings. The first-order valence-corrected chi connectivity index (χ1v) is 16.4. The zero-order valence-electron chi connectivity index (χ0n) is 27.3. The van der Waals surface area contributed by atoms with Gasteiger partial charge in [0.15, 0.2) is 5.58 Å². The van der Waals surface area contributed by atoms with Gasteiger partial charge in [0, 0.05) is 5.56 Å². The zero-order chi connectivity index (χ0) is 32.7. The van der Waals surface area contributed by atoms with Crippen LogP contribution in [0.2, 0.25) is 0 Å². The number of hydrogen-bond donors (Lipinski definition) is 0. The van der Waals surface area contributed by atoms with E-state index < -0.39 is 0 Å². The standard InChI is InChI=1S/C45H32FNO/c1-25-5-14-33(27(3)21-25)35-16-9-30-10-17-37-39(34-15-6-26(2)22-28(34)4)24-40(38-19-18-36(35)43(30)44(37)38)45-47-41-23-31(11-20-42(41)48-45)29-7-12-32(46)13-8-29/h5-24H,1-4H3. The van der Waals surface area contributed by atoms with E-state index in [1.165, 1.54) is 78.0 Å². The van der Waals surface area contributed by atoms with Gasteiger partial charge in [-0.1, -0.05) is 102 Å². The molecule has 0 radical (unpaired) electrons. The first kappa shape index (κ1) is 28.4. The van der Waals surface area contributed by atoms with E-state index in [4.69, 9.17) is 9.40 Å². The van der Waals surface area contributed by atoms with Crippen molar-refractivity contribution in [2.24, 2.45) is 0 Å². The maximum Gasteiger partial charge on any atom is 0.227 e. The van der Waals surface area contributed by atoms with Crippen LogP contribution < -0.4 is 0 Å². The third-order valence-corrected chi connectivity index (χ3v) is 9.92. The number of nitrogens with zero attached hydrogens (tertiary/aromatic N) is 1. The summed E-state index contributed by atoms with van der Waals surface area (Å²) in [4.78, 5) is 5.08. The van der Waals surface area contributed by atoms with Crippen molar-refractivity contribution in [3.63, 3.8) is 0 Å². The molecule has 0 aliphatic rings. The Hall–Kier alpha value is -5.80. The molecule has 0 aliphatic carbocycles. The van der Waals surface area contributed by atoms with Gasteiger partial charge in [-0.05, 0) is 135 Å². The minimum Gasteiger partial charge on any atom is -0.436 e. The van der Waals surface area contributed by atoms with Gasteiger partial charge in [-0.2, -0.15) is 0 Å². The summed E-state index contributed by atoms with van der Waals surface area (Å²) in [5.74, 6) is 0.332. The quantitative estimate of drug-likeness (QED) is 0.183. The van der Waals surface area contributed by atoms with E-state index in [0.29, 0.717) is 11.5 Å².